The molecule has 1 heterocycles. The van der Waals surface area contributed by atoms with Crippen molar-refractivity contribution in [3.63, 3.8) is 0 Å². The molecule has 0 fully saturated rings. The van der Waals surface area contributed by atoms with Crippen molar-refractivity contribution >= 4 is 23.4 Å². The van der Waals surface area contributed by atoms with Gasteiger partial charge in [-0.1, -0.05) is 11.6 Å². The maximum Gasteiger partial charge on any atom is 0.192 e. The van der Waals surface area contributed by atoms with Crippen LogP contribution in [0.15, 0.2) is 46.7 Å². The fraction of sp³-hybridized carbons (Fsp3) is 0.167. The van der Waals surface area contributed by atoms with Crippen LogP contribution in [0.25, 0.3) is 0 Å². The van der Waals surface area contributed by atoms with E-state index in [0.29, 0.717) is 6.54 Å². The zero-order chi connectivity index (χ0) is 12.1. The summed E-state index contributed by atoms with van der Waals surface area (Å²) < 4.78 is 0. The van der Waals surface area contributed by atoms with Gasteiger partial charge in [-0.05, 0) is 54.6 Å². The number of benzene rings is 1. The Bertz CT molecular complexity index is 470. The molecule has 0 aliphatic heterocycles. The molecular weight excluding hydrogens is 254 g/mol. The van der Waals surface area contributed by atoms with Crippen LogP contribution in [0.3, 0.4) is 0 Å². The molecule has 0 amide bonds. The van der Waals surface area contributed by atoms with E-state index in [1.807, 2.05) is 36.7 Å². The fourth-order valence-corrected chi connectivity index (χ4v) is 2.12. The lowest BCUT2D eigenvalue weighted by Crippen LogP contribution is -2.03. The highest BCUT2D eigenvalue weighted by Crippen LogP contribution is 2.25. The zero-order valence-corrected chi connectivity index (χ0v) is 10.7. The molecule has 2 N–H and O–H groups in total. The lowest BCUT2D eigenvalue weighted by molar-refractivity contribution is 0.890. The van der Waals surface area contributed by atoms with Crippen molar-refractivity contribution in [2.24, 2.45) is 5.73 Å². The Morgan fingerprint density at radius 3 is 2.35 bits per heavy atom. The summed E-state index contributed by atoms with van der Waals surface area (Å²) in [5.74, 6) is 0. The second-order valence-corrected chi connectivity index (χ2v) is 4.95. The Balaban J connectivity index is 2.05. The summed E-state index contributed by atoms with van der Waals surface area (Å²) in [7, 11) is 0. The van der Waals surface area contributed by atoms with Crippen LogP contribution >= 0.6 is 23.4 Å². The predicted molar refractivity (Wildman–Crippen MR) is 70.4 cm³/mol. The Morgan fingerprint density at radius 1 is 1.12 bits per heavy atom. The maximum atomic E-state index is 5.82. The Labute approximate surface area is 109 Å². The van der Waals surface area contributed by atoms with Gasteiger partial charge in [-0.3, -0.25) is 0 Å². The van der Waals surface area contributed by atoms with Crippen molar-refractivity contribution < 1.29 is 0 Å². The number of nitrogens with two attached hydrogens (primary N) is 1. The number of hydrogen-bond acceptors (Lipinski definition) is 4. The lowest BCUT2D eigenvalue weighted by Gasteiger charge is -2.01. The first-order valence-electron chi connectivity index (χ1n) is 5.22. The average molecular weight is 266 g/mol. The van der Waals surface area contributed by atoms with E-state index < -0.39 is 0 Å². The zero-order valence-electron chi connectivity index (χ0n) is 9.14. The number of nitrogens with zero attached hydrogens (tertiary/aromatic N) is 2. The molecule has 88 valence electrons. The number of hydrogen-bond donors (Lipinski definition) is 1. The van der Waals surface area contributed by atoms with Crippen molar-refractivity contribution in [2.45, 2.75) is 16.5 Å². The van der Waals surface area contributed by atoms with Crippen LogP contribution in [0.1, 0.15) is 5.56 Å². The molecule has 2 rings (SSSR count). The van der Waals surface area contributed by atoms with Gasteiger partial charge in [-0.25, -0.2) is 9.97 Å². The first-order chi connectivity index (χ1) is 8.28. The molecular formula is C12H12ClN3S. The summed E-state index contributed by atoms with van der Waals surface area (Å²) in [5.41, 5.74) is 6.53. The molecule has 5 heteroatoms. The molecule has 3 nitrogen and oxygen atoms in total. The lowest BCUT2D eigenvalue weighted by atomic mass is 10.2. The Hall–Kier alpha value is -1.10. The van der Waals surface area contributed by atoms with Crippen molar-refractivity contribution in [1.82, 2.24) is 9.97 Å². The summed E-state index contributed by atoms with van der Waals surface area (Å²) >= 11 is 7.33. The van der Waals surface area contributed by atoms with Crippen LogP contribution in [0, 0.1) is 0 Å². The van der Waals surface area contributed by atoms with E-state index in [2.05, 4.69) is 9.97 Å². The van der Waals surface area contributed by atoms with Crippen molar-refractivity contribution in [3.05, 3.63) is 47.2 Å². The van der Waals surface area contributed by atoms with Gasteiger partial charge in [-0.15, -0.1) is 0 Å². The van der Waals surface area contributed by atoms with Gasteiger partial charge in [0.05, 0.1) is 0 Å². The molecule has 17 heavy (non-hydrogen) atoms. The highest BCUT2D eigenvalue weighted by Gasteiger charge is 2.00. The van der Waals surface area contributed by atoms with E-state index in [-0.39, 0.29) is 0 Å². The van der Waals surface area contributed by atoms with E-state index in [1.54, 1.807) is 0 Å². The molecule has 0 radical (unpaired) electrons. The number of aromatic nitrogens is 2. The molecule has 0 aliphatic rings. The summed E-state index contributed by atoms with van der Waals surface area (Å²) in [4.78, 5) is 9.63. The molecule has 0 saturated carbocycles. The second-order valence-electron chi connectivity index (χ2n) is 3.47. The van der Waals surface area contributed by atoms with E-state index >= 15 is 0 Å². The van der Waals surface area contributed by atoms with Crippen LogP contribution in [0.2, 0.25) is 5.02 Å². The SMILES string of the molecule is NCCc1cnc(Sc2ccc(Cl)cc2)nc1. The summed E-state index contributed by atoms with van der Waals surface area (Å²) in [5, 5.41) is 1.46. The maximum absolute atomic E-state index is 5.82. The van der Waals surface area contributed by atoms with Gasteiger partial charge in [0, 0.05) is 22.3 Å². The summed E-state index contributed by atoms with van der Waals surface area (Å²) in [6.45, 7) is 0.618. The molecule has 0 bridgehead atoms. The second kappa shape index (κ2) is 6.00. The van der Waals surface area contributed by atoms with Gasteiger partial charge in [-0.2, -0.15) is 0 Å². The third kappa shape index (κ3) is 3.70. The van der Waals surface area contributed by atoms with Gasteiger partial charge in [0.1, 0.15) is 0 Å². The van der Waals surface area contributed by atoms with Crippen LogP contribution in [0.4, 0.5) is 0 Å². The monoisotopic (exact) mass is 265 g/mol. The van der Waals surface area contributed by atoms with Crippen LogP contribution < -0.4 is 5.73 Å². The first-order valence-corrected chi connectivity index (χ1v) is 6.42. The van der Waals surface area contributed by atoms with Crippen molar-refractivity contribution in [2.75, 3.05) is 6.54 Å². The van der Waals surface area contributed by atoms with Crippen molar-refractivity contribution in [1.29, 1.82) is 0 Å². The van der Waals surface area contributed by atoms with Gasteiger partial charge in [0.25, 0.3) is 0 Å². The van der Waals surface area contributed by atoms with E-state index in [1.165, 1.54) is 11.8 Å². The topological polar surface area (TPSA) is 51.8 Å². The van der Waals surface area contributed by atoms with Crippen LogP contribution in [-0.4, -0.2) is 16.5 Å². The minimum absolute atomic E-state index is 0.618. The quantitative estimate of drug-likeness (QED) is 0.864. The van der Waals surface area contributed by atoms with Crippen molar-refractivity contribution in [3.8, 4) is 0 Å². The molecule has 0 unspecified atom stereocenters. The minimum atomic E-state index is 0.618. The summed E-state index contributed by atoms with van der Waals surface area (Å²) in [6.07, 6.45) is 4.45. The predicted octanol–water partition coefficient (Wildman–Crippen LogP) is 2.78. The Kier molecular flexibility index (Phi) is 4.36. The summed E-state index contributed by atoms with van der Waals surface area (Å²) in [6, 6.07) is 7.60. The van der Waals surface area contributed by atoms with Gasteiger partial charge >= 0.3 is 0 Å². The van der Waals surface area contributed by atoms with E-state index in [9.17, 15) is 0 Å². The first kappa shape index (κ1) is 12.4. The van der Waals surface area contributed by atoms with Crippen LogP contribution in [-0.2, 0) is 6.42 Å². The smallest absolute Gasteiger partial charge is 0.192 e. The largest absolute Gasteiger partial charge is 0.330 e. The van der Waals surface area contributed by atoms with Gasteiger partial charge in [0.2, 0.25) is 0 Å². The molecule has 2 aromatic rings. The third-order valence-electron chi connectivity index (χ3n) is 2.14. The highest BCUT2D eigenvalue weighted by atomic mass is 35.5. The van der Waals surface area contributed by atoms with Gasteiger partial charge in [0.15, 0.2) is 5.16 Å². The molecule has 0 aliphatic carbocycles. The van der Waals surface area contributed by atoms with E-state index in [4.69, 9.17) is 17.3 Å². The fourth-order valence-electron chi connectivity index (χ4n) is 1.30. The molecule has 1 aromatic heterocycles. The average Bonchev–Trinajstić information content (AvgIpc) is 2.35. The Morgan fingerprint density at radius 2 is 1.76 bits per heavy atom. The standard InChI is InChI=1S/C12H12ClN3S/c13-10-1-3-11(4-2-10)17-12-15-7-9(5-6-14)8-16-12/h1-4,7-8H,5-6,14H2. The minimum Gasteiger partial charge on any atom is -0.330 e. The molecule has 0 atom stereocenters. The number of halogens is 1. The highest BCUT2D eigenvalue weighted by molar-refractivity contribution is 7.99. The molecule has 1 aromatic carbocycles. The van der Waals surface area contributed by atoms with E-state index in [0.717, 1.165) is 27.1 Å². The number of rotatable bonds is 4. The normalized spacial score (nSPS) is 10.5. The third-order valence-corrected chi connectivity index (χ3v) is 3.29. The molecule has 0 spiro atoms. The van der Waals surface area contributed by atoms with Crippen LogP contribution in [0.5, 0.6) is 0 Å². The molecule has 0 saturated heterocycles. The van der Waals surface area contributed by atoms with Gasteiger partial charge < -0.3 is 5.73 Å².